The second-order valence-corrected chi connectivity index (χ2v) is 5.92. The van der Waals surface area contributed by atoms with Crippen LogP contribution in [-0.4, -0.2) is 38.2 Å². The predicted molar refractivity (Wildman–Crippen MR) is 88.2 cm³/mol. The maximum absolute atomic E-state index is 11.7. The van der Waals surface area contributed by atoms with Gasteiger partial charge in [-0.2, -0.15) is 5.26 Å². The highest BCUT2D eigenvalue weighted by Gasteiger charge is 2.29. The molecule has 128 valence electrons. The van der Waals surface area contributed by atoms with Crippen LogP contribution in [0, 0.1) is 11.3 Å². The van der Waals surface area contributed by atoms with Gasteiger partial charge in [-0.3, -0.25) is 0 Å². The van der Waals surface area contributed by atoms with Crippen molar-refractivity contribution in [2.24, 2.45) is 0 Å². The summed E-state index contributed by atoms with van der Waals surface area (Å²) in [6.07, 6.45) is 4.58. The Balaban J connectivity index is 1.84. The van der Waals surface area contributed by atoms with Gasteiger partial charge in [-0.15, -0.1) is 5.10 Å². The summed E-state index contributed by atoms with van der Waals surface area (Å²) in [6.45, 7) is 0.236. The van der Waals surface area contributed by atoms with Crippen LogP contribution in [-0.2, 0) is 19.4 Å². The standard InChI is InChI=1S/C16H17BN4O4/c18-8-2-1-3-13-10-21(20-19-13)9-12-5-4-11-6-7-17(24)25-15(11)14(12)16(22)23/h4-5,10,24H,1-3,6-7,9H2,(H,22,23). The summed E-state index contributed by atoms with van der Waals surface area (Å²) >= 11 is 0. The van der Waals surface area contributed by atoms with E-state index in [1.807, 2.05) is 6.07 Å². The molecule has 1 aliphatic rings. The van der Waals surface area contributed by atoms with E-state index in [1.165, 1.54) is 0 Å². The van der Waals surface area contributed by atoms with Crippen LogP contribution in [0.3, 0.4) is 0 Å². The quantitative estimate of drug-likeness (QED) is 0.600. The molecule has 2 heterocycles. The van der Waals surface area contributed by atoms with Gasteiger partial charge >= 0.3 is 13.1 Å². The van der Waals surface area contributed by atoms with Crippen LogP contribution in [0.1, 0.15) is 40.0 Å². The summed E-state index contributed by atoms with van der Waals surface area (Å²) < 4.78 is 6.94. The molecule has 9 heteroatoms. The lowest BCUT2D eigenvalue weighted by atomic mass is 9.78. The summed E-state index contributed by atoms with van der Waals surface area (Å²) in [5.74, 6) is -0.867. The zero-order chi connectivity index (χ0) is 17.8. The molecule has 1 aromatic carbocycles. The molecule has 1 aromatic heterocycles. The maximum Gasteiger partial charge on any atom is 0.522 e. The second kappa shape index (κ2) is 7.36. The van der Waals surface area contributed by atoms with E-state index in [1.54, 1.807) is 16.9 Å². The molecule has 2 N–H and O–H groups in total. The third-order valence-corrected chi connectivity index (χ3v) is 4.09. The van der Waals surface area contributed by atoms with Gasteiger partial charge in [0.05, 0.1) is 18.3 Å². The molecule has 0 fully saturated rings. The molecule has 1 aliphatic heterocycles. The fourth-order valence-corrected chi connectivity index (χ4v) is 2.89. The minimum absolute atomic E-state index is 0.0535. The SMILES string of the molecule is N#CCCCc1cn(Cc2ccc3c(c2C(=O)O)OB(O)CC3)nn1. The van der Waals surface area contributed by atoms with Crippen LogP contribution in [0.15, 0.2) is 18.3 Å². The predicted octanol–water partition coefficient (Wildman–Crippen LogP) is 1.29. The van der Waals surface area contributed by atoms with Gasteiger partial charge in [0.1, 0.15) is 11.3 Å². The van der Waals surface area contributed by atoms with Crippen molar-refractivity contribution in [3.05, 3.63) is 40.7 Å². The number of benzene rings is 1. The van der Waals surface area contributed by atoms with Crippen LogP contribution in [0.25, 0.3) is 0 Å². The Bertz CT molecular complexity index is 830. The molecule has 2 aromatic rings. The van der Waals surface area contributed by atoms with Gasteiger partial charge in [-0.25, -0.2) is 9.48 Å². The first-order valence-electron chi connectivity index (χ1n) is 8.07. The largest absolute Gasteiger partial charge is 0.535 e. The first-order chi connectivity index (χ1) is 12.1. The van der Waals surface area contributed by atoms with Crippen molar-refractivity contribution in [3.8, 4) is 11.8 Å². The number of unbranched alkanes of at least 4 members (excludes halogenated alkanes) is 1. The van der Waals surface area contributed by atoms with Crippen molar-refractivity contribution >= 4 is 13.1 Å². The Kier molecular flexibility index (Phi) is 5.00. The number of aromatic nitrogens is 3. The van der Waals surface area contributed by atoms with Gasteiger partial charge in [0.25, 0.3) is 0 Å². The Labute approximate surface area is 144 Å². The van der Waals surface area contributed by atoms with E-state index in [-0.39, 0.29) is 17.9 Å². The number of fused-ring (bicyclic) bond motifs is 1. The fourth-order valence-electron chi connectivity index (χ4n) is 2.89. The van der Waals surface area contributed by atoms with Crippen LogP contribution >= 0.6 is 0 Å². The van der Waals surface area contributed by atoms with Crippen molar-refractivity contribution in [2.75, 3.05) is 0 Å². The average Bonchev–Trinajstić information content (AvgIpc) is 3.01. The first-order valence-corrected chi connectivity index (χ1v) is 8.07. The van der Waals surface area contributed by atoms with Gasteiger partial charge in [-0.05, 0) is 36.7 Å². The van der Waals surface area contributed by atoms with Gasteiger partial charge in [0, 0.05) is 12.6 Å². The molecule has 3 rings (SSSR count). The van der Waals surface area contributed by atoms with E-state index < -0.39 is 13.1 Å². The highest BCUT2D eigenvalue weighted by molar-refractivity contribution is 6.44. The number of nitrogens with zero attached hydrogens (tertiary/aromatic N) is 4. The van der Waals surface area contributed by atoms with Gasteiger partial charge < -0.3 is 14.8 Å². The number of aryl methyl sites for hydroxylation is 2. The summed E-state index contributed by atoms with van der Waals surface area (Å²) in [4.78, 5) is 11.7. The van der Waals surface area contributed by atoms with Crippen molar-refractivity contribution in [1.82, 2.24) is 15.0 Å². The van der Waals surface area contributed by atoms with Crippen molar-refractivity contribution in [1.29, 1.82) is 5.26 Å². The van der Waals surface area contributed by atoms with E-state index >= 15 is 0 Å². The molecule has 0 unspecified atom stereocenters. The monoisotopic (exact) mass is 340 g/mol. The summed E-state index contributed by atoms with van der Waals surface area (Å²) in [7, 11) is -0.987. The first kappa shape index (κ1) is 17.0. The lowest BCUT2D eigenvalue weighted by Gasteiger charge is -2.23. The Morgan fingerprint density at radius 3 is 3.08 bits per heavy atom. The van der Waals surface area contributed by atoms with Gasteiger partial charge in [-0.1, -0.05) is 17.3 Å². The molecular weight excluding hydrogens is 323 g/mol. The van der Waals surface area contributed by atoms with Crippen molar-refractivity contribution < 1.29 is 19.6 Å². The van der Waals surface area contributed by atoms with Crippen molar-refractivity contribution in [2.45, 2.75) is 38.5 Å². The van der Waals surface area contributed by atoms with Gasteiger partial charge in [0.15, 0.2) is 0 Å². The number of carbonyl (C=O) groups is 1. The summed E-state index contributed by atoms with van der Waals surface area (Å²) in [5.41, 5.74) is 2.13. The van der Waals surface area contributed by atoms with Crippen LogP contribution < -0.4 is 4.65 Å². The maximum atomic E-state index is 11.7. The molecular formula is C16H17BN4O4. The minimum atomic E-state index is -1.10. The summed E-state index contributed by atoms with van der Waals surface area (Å²) in [5, 5.41) is 35.9. The number of aromatic carboxylic acids is 1. The molecule has 8 nitrogen and oxygen atoms in total. The highest BCUT2D eigenvalue weighted by Crippen LogP contribution is 2.33. The normalized spacial score (nSPS) is 13.0. The number of nitriles is 1. The third-order valence-electron chi connectivity index (χ3n) is 4.09. The van der Waals surface area contributed by atoms with E-state index in [4.69, 9.17) is 9.92 Å². The minimum Gasteiger partial charge on any atom is -0.535 e. The molecule has 0 aliphatic carbocycles. The average molecular weight is 340 g/mol. The van der Waals surface area contributed by atoms with Gasteiger partial charge in [0.2, 0.25) is 0 Å². The second-order valence-electron chi connectivity index (χ2n) is 5.92. The zero-order valence-corrected chi connectivity index (χ0v) is 13.6. The molecule has 0 radical (unpaired) electrons. The molecule has 0 bridgehead atoms. The number of hydrogen-bond donors (Lipinski definition) is 2. The number of hydrogen-bond acceptors (Lipinski definition) is 6. The number of rotatable bonds is 6. The number of carboxylic acid groups (broad SMARTS) is 1. The molecule has 0 spiro atoms. The van der Waals surface area contributed by atoms with E-state index in [9.17, 15) is 14.9 Å². The van der Waals surface area contributed by atoms with Crippen molar-refractivity contribution in [3.63, 3.8) is 0 Å². The van der Waals surface area contributed by atoms with E-state index in [0.717, 1.165) is 11.3 Å². The van der Waals surface area contributed by atoms with Crippen LogP contribution in [0.4, 0.5) is 0 Å². The fraction of sp³-hybridized carbons (Fsp3) is 0.375. The lowest BCUT2D eigenvalue weighted by molar-refractivity contribution is 0.0693. The lowest BCUT2D eigenvalue weighted by Crippen LogP contribution is -2.28. The van der Waals surface area contributed by atoms with E-state index in [2.05, 4.69) is 16.4 Å². The zero-order valence-electron chi connectivity index (χ0n) is 13.6. The Morgan fingerprint density at radius 2 is 2.32 bits per heavy atom. The molecule has 25 heavy (non-hydrogen) atoms. The summed E-state index contributed by atoms with van der Waals surface area (Å²) in [6, 6.07) is 5.66. The molecule has 0 saturated heterocycles. The Hall–Kier alpha value is -2.86. The Morgan fingerprint density at radius 1 is 1.48 bits per heavy atom. The number of carboxylic acids is 1. The van der Waals surface area contributed by atoms with Crippen LogP contribution in [0.5, 0.6) is 5.75 Å². The topological polar surface area (TPSA) is 121 Å². The smallest absolute Gasteiger partial charge is 0.522 e. The van der Waals surface area contributed by atoms with E-state index in [0.29, 0.717) is 37.6 Å². The van der Waals surface area contributed by atoms with Crippen LogP contribution in [0.2, 0.25) is 6.32 Å². The molecule has 0 saturated carbocycles. The highest BCUT2D eigenvalue weighted by atomic mass is 16.5. The molecule has 0 amide bonds. The molecule has 0 atom stereocenters. The third kappa shape index (κ3) is 3.80.